The van der Waals surface area contributed by atoms with Crippen LogP contribution in [0.2, 0.25) is 0 Å². The lowest BCUT2D eigenvalue weighted by Crippen LogP contribution is -2.44. The quantitative estimate of drug-likeness (QED) is 0.661. The molecule has 21 heavy (non-hydrogen) atoms. The van der Waals surface area contributed by atoms with Crippen molar-refractivity contribution in [3.05, 3.63) is 25.6 Å². The lowest BCUT2D eigenvalue weighted by molar-refractivity contribution is -0.120. The van der Waals surface area contributed by atoms with Crippen LogP contribution in [-0.4, -0.2) is 36.2 Å². The molecule has 1 atom stereocenters. The first-order chi connectivity index (χ1) is 10.0. The molecule has 2 rings (SSSR count). The van der Waals surface area contributed by atoms with E-state index in [0.717, 1.165) is 45.5 Å². The molecule has 0 radical (unpaired) electrons. The maximum Gasteiger partial charge on any atom is 0.238 e. The van der Waals surface area contributed by atoms with Crippen molar-refractivity contribution >= 4 is 65.7 Å². The summed E-state index contributed by atoms with van der Waals surface area (Å²) < 4.78 is 2.50. The molecule has 1 saturated heterocycles. The van der Waals surface area contributed by atoms with Gasteiger partial charge in [-0.1, -0.05) is 22.4 Å². The standard InChI is InChI=1S/C14H15Br3N2O2/c15-9-5-11(16)14(12(17)6-9)18-13(21)7-19-4-2-1-3-10(19)8-20/h5-6,8,10H,1-4,7H2,(H,18,21). The van der Waals surface area contributed by atoms with E-state index in [4.69, 9.17) is 0 Å². The van der Waals surface area contributed by atoms with E-state index in [9.17, 15) is 9.59 Å². The fraction of sp³-hybridized carbons (Fsp3) is 0.429. The predicted octanol–water partition coefficient (Wildman–Crippen LogP) is 3.97. The van der Waals surface area contributed by atoms with E-state index in [2.05, 4.69) is 53.1 Å². The number of likely N-dealkylation sites (tertiary alicyclic amines) is 1. The molecule has 1 aliphatic heterocycles. The van der Waals surface area contributed by atoms with Gasteiger partial charge in [0.15, 0.2) is 0 Å². The summed E-state index contributed by atoms with van der Waals surface area (Å²) in [6, 6.07) is 3.60. The van der Waals surface area contributed by atoms with Crippen LogP contribution in [0.15, 0.2) is 25.6 Å². The van der Waals surface area contributed by atoms with Crippen molar-refractivity contribution in [1.29, 1.82) is 0 Å². The molecule has 1 heterocycles. The number of nitrogens with zero attached hydrogens (tertiary/aromatic N) is 1. The van der Waals surface area contributed by atoms with Gasteiger partial charge in [-0.2, -0.15) is 0 Å². The second-order valence-corrected chi connectivity index (χ2v) is 7.59. The summed E-state index contributed by atoms with van der Waals surface area (Å²) >= 11 is 10.3. The van der Waals surface area contributed by atoms with Gasteiger partial charge in [0, 0.05) is 13.4 Å². The summed E-state index contributed by atoms with van der Waals surface area (Å²) in [7, 11) is 0. The SMILES string of the molecule is O=CC1CCCCN1CC(=O)Nc1c(Br)cc(Br)cc1Br. The van der Waals surface area contributed by atoms with Crippen LogP contribution in [0.3, 0.4) is 0 Å². The van der Waals surface area contributed by atoms with E-state index >= 15 is 0 Å². The summed E-state index contributed by atoms with van der Waals surface area (Å²) in [6.45, 7) is 1.03. The van der Waals surface area contributed by atoms with Crippen molar-refractivity contribution in [2.75, 3.05) is 18.4 Å². The molecule has 1 fully saturated rings. The second kappa shape index (κ2) is 7.85. The van der Waals surface area contributed by atoms with Crippen LogP contribution in [0.4, 0.5) is 5.69 Å². The van der Waals surface area contributed by atoms with Crippen LogP contribution in [0.5, 0.6) is 0 Å². The minimum atomic E-state index is -0.138. The summed E-state index contributed by atoms with van der Waals surface area (Å²) in [4.78, 5) is 25.2. The Hall–Kier alpha value is -0.240. The van der Waals surface area contributed by atoms with Gasteiger partial charge in [-0.3, -0.25) is 9.69 Å². The topological polar surface area (TPSA) is 49.4 Å². The first-order valence-corrected chi connectivity index (χ1v) is 9.03. The molecule has 1 unspecified atom stereocenters. The molecule has 1 aliphatic rings. The zero-order chi connectivity index (χ0) is 15.4. The highest BCUT2D eigenvalue weighted by Gasteiger charge is 2.24. The van der Waals surface area contributed by atoms with Crippen molar-refractivity contribution in [1.82, 2.24) is 4.90 Å². The monoisotopic (exact) mass is 480 g/mol. The minimum absolute atomic E-state index is 0.118. The van der Waals surface area contributed by atoms with Gasteiger partial charge in [0.2, 0.25) is 5.91 Å². The molecule has 4 nitrogen and oxygen atoms in total. The summed E-state index contributed by atoms with van der Waals surface area (Å²) in [5, 5.41) is 2.89. The van der Waals surface area contributed by atoms with Gasteiger partial charge in [-0.15, -0.1) is 0 Å². The predicted molar refractivity (Wildman–Crippen MR) is 93.4 cm³/mol. The smallest absolute Gasteiger partial charge is 0.238 e. The van der Waals surface area contributed by atoms with Gasteiger partial charge in [-0.05, 0) is 63.4 Å². The summed E-state index contributed by atoms with van der Waals surface area (Å²) in [5.41, 5.74) is 0.697. The zero-order valence-electron chi connectivity index (χ0n) is 11.2. The van der Waals surface area contributed by atoms with Crippen molar-refractivity contribution in [2.24, 2.45) is 0 Å². The molecule has 1 amide bonds. The highest BCUT2D eigenvalue weighted by atomic mass is 79.9. The second-order valence-electron chi connectivity index (χ2n) is 4.96. The molecule has 7 heteroatoms. The van der Waals surface area contributed by atoms with Gasteiger partial charge in [-0.25, -0.2) is 0 Å². The molecular formula is C14H15Br3N2O2. The summed E-state index contributed by atoms with van der Waals surface area (Å²) in [5.74, 6) is -0.118. The van der Waals surface area contributed by atoms with E-state index in [1.807, 2.05) is 17.0 Å². The molecule has 0 bridgehead atoms. The number of anilines is 1. The number of benzene rings is 1. The van der Waals surface area contributed by atoms with Crippen LogP contribution < -0.4 is 5.32 Å². The molecule has 1 N–H and O–H groups in total. The Morgan fingerprint density at radius 2 is 1.95 bits per heavy atom. The van der Waals surface area contributed by atoms with Crippen LogP contribution in [-0.2, 0) is 9.59 Å². The highest BCUT2D eigenvalue weighted by Crippen LogP contribution is 2.34. The fourth-order valence-corrected chi connectivity index (χ4v) is 4.85. The minimum Gasteiger partial charge on any atom is -0.323 e. The number of aldehydes is 1. The number of hydrogen-bond acceptors (Lipinski definition) is 3. The molecule has 1 aromatic carbocycles. The fourth-order valence-electron chi connectivity index (χ4n) is 2.39. The molecule has 0 saturated carbocycles. The number of piperidine rings is 1. The average molecular weight is 483 g/mol. The first kappa shape index (κ1) is 17.1. The Kier molecular flexibility index (Phi) is 6.40. The lowest BCUT2D eigenvalue weighted by Gasteiger charge is -2.31. The molecule has 0 aromatic heterocycles. The molecule has 0 aliphatic carbocycles. The number of carbonyl (C=O) groups is 2. The Morgan fingerprint density at radius 1 is 1.29 bits per heavy atom. The molecule has 0 spiro atoms. The zero-order valence-corrected chi connectivity index (χ0v) is 16.0. The maximum absolute atomic E-state index is 12.2. The van der Waals surface area contributed by atoms with Crippen LogP contribution in [0.25, 0.3) is 0 Å². The van der Waals surface area contributed by atoms with E-state index in [1.165, 1.54) is 0 Å². The van der Waals surface area contributed by atoms with Gasteiger partial charge in [0.25, 0.3) is 0 Å². The number of hydrogen-bond donors (Lipinski definition) is 1. The van der Waals surface area contributed by atoms with Crippen molar-refractivity contribution < 1.29 is 9.59 Å². The van der Waals surface area contributed by atoms with E-state index in [1.54, 1.807) is 0 Å². The van der Waals surface area contributed by atoms with Crippen LogP contribution in [0.1, 0.15) is 19.3 Å². The van der Waals surface area contributed by atoms with E-state index in [0.29, 0.717) is 5.69 Å². The molecule has 1 aromatic rings. The Bertz CT molecular complexity index is 528. The normalized spacial score (nSPS) is 19.3. The largest absolute Gasteiger partial charge is 0.323 e. The van der Waals surface area contributed by atoms with Gasteiger partial charge in [0.05, 0.1) is 18.3 Å². The Labute approximate surface area is 149 Å². The van der Waals surface area contributed by atoms with Gasteiger partial charge < -0.3 is 10.1 Å². The lowest BCUT2D eigenvalue weighted by atomic mass is 10.0. The van der Waals surface area contributed by atoms with Gasteiger partial charge in [0.1, 0.15) is 6.29 Å². The Morgan fingerprint density at radius 3 is 2.57 bits per heavy atom. The van der Waals surface area contributed by atoms with Crippen LogP contribution in [0, 0.1) is 0 Å². The molecule has 114 valence electrons. The Balaban J connectivity index is 2.03. The number of nitrogens with one attached hydrogen (secondary N) is 1. The third-order valence-corrected chi connectivity index (χ3v) is 5.15. The van der Waals surface area contributed by atoms with Crippen LogP contribution >= 0.6 is 47.8 Å². The van der Waals surface area contributed by atoms with Crippen molar-refractivity contribution in [3.63, 3.8) is 0 Å². The van der Waals surface area contributed by atoms with Crippen molar-refractivity contribution in [3.8, 4) is 0 Å². The van der Waals surface area contributed by atoms with E-state index in [-0.39, 0.29) is 18.5 Å². The third kappa shape index (κ3) is 4.61. The average Bonchev–Trinajstić information content (AvgIpc) is 2.43. The maximum atomic E-state index is 12.2. The third-order valence-electron chi connectivity index (χ3n) is 3.44. The van der Waals surface area contributed by atoms with Gasteiger partial charge >= 0.3 is 0 Å². The summed E-state index contributed by atoms with van der Waals surface area (Å²) in [6.07, 6.45) is 3.86. The first-order valence-electron chi connectivity index (χ1n) is 6.65. The number of rotatable bonds is 4. The van der Waals surface area contributed by atoms with Crippen molar-refractivity contribution in [2.45, 2.75) is 25.3 Å². The van der Waals surface area contributed by atoms with E-state index < -0.39 is 0 Å². The number of carbonyl (C=O) groups excluding carboxylic acids is 2. The number of amides is 1. The molecular weight excluding hydrogens is 468 g/mol. The number of halogens is 3. The highest BCUT2D eigenvalue weighted by molar-refractivity contribution is 9.11.